The Bertz CT molecular complexity index is 1090. The van der Waals surface area contributed by atoms with Crippen molar-refractivity contribution < 1.29 is 13.2 Å². The van der Waals surface area contributed by atoms with Gasteiger partial charge in [0, 0.05) is 25.0 Å². The maximum Gasteiger partial charge on any atom is 0.243 e. The number of benzene rings is 2. The molecule has 1 aliphatic heterocycles. The minimum absolute atomic E-state index is 0.181. The van der Waals surface area contributed by atoms with Crippen molar-refractivity contribution in [2.24, 2.45) is 0 Å². The van der Waals surface area contributed by atoms with Crippen LogP contribution >= 0.6 is 0 Å². The third-order valence-electron chi connectivity index (χ3n) is 4.86. The smallest absolute Gasteiger partial charge is 0.243 e. The van der Waals surface area contributed by atoms with Crippen molar-refractivity contribution in [2.45, 2.75) is 24.2 Å². The third-order valence-corrected chi connectivity index (χ3v) is 6.78. The summed E-state index contributed by atoms with van der Waals surface area (Å²) < 4.78 is 28.3. The van der Waals surface area contributed by atoms with Gasteiger partial charge in [-0.3, -0.25) is 4.79 Å². The van der Waals surface area contributed by atoms with Crippen LogP contribution in [0.4, 0.5) is 5.69 Å². The molecule has 0 unspecified atom stereocenters. The number of anilines is 1. The number of carbonyl (C=O) groups excluding carboxylic acids is 1. The summed E-state index contributed by atoms with van der Waals surface area (Å²) in [6, 6.07) is 16.0. The van der Waals surface area contributed by atoms with E-state index in [1.54, 1.807) is 23.0 Å². The molecule has 150 valence electrons. The first-order valence-electron chi connectivity index (χ1n) is 9.51. The number of hydrogen-bond acceptors (Lipinski definition) is 4. The van der Waals surface area contributed by atoms with Crippen LogP contribution in [0, 0.1) is 0 Å². The van der Waals surface area contributed by atoms with Gasteiger partial charge in [-0.2, -0.15) is 9.40 Å². The van der Waals surface area contributed by atoms with E-state index >= 15 is 0 Å². The molecule has 2 aromatic carbocycles. The second-order valence-corrected chi connectivity index (χ2v) is 8.93. The van der Waals surface area contributed by atoms with Gasteiger partial charge in [0.1, 0.15) is 0 Å². The minimum Gasteiger partial charge on any atom is -0.326 e. The topological polar surface area (TPSA) is 84.3 Å². The van der Waals surface area contributed by atoms with Crippen LogP contribution in [0.15, 0.2) is 71.9 Å². The van der Waals surface area contributed by atoms with Gasteiger partial charge in [0.15, 0.2) is 0 Å². The van der Waals surface area contributed by atoms with E-state index < -0.39 is 10.0 Å². The Hall–Kier alpha value is -2.97. The maximum atomic E-state index is 12.6. The van der Waals surface area contributed by atoms with Crippen molar-refractivity contribution in [1.82, 2.24) is 14.1 Å². The van der Waals surface area contributed by atoms with Crippen molar-refractivity contribution in [1.29, 1.82) is 0 Å². The molecule has 1 aromatic heterocycles. The molecule has 0 atom stereocenters. The van der Waals surface area contributed by atoms with E-state index in [0.29, 0.717) is 18.8 Å². The first-order chi connectivity index (χ1) is 14.0. The van der Waals surface area contributed by atoms with Crippen LogP contribution in [0.2, 0.25) is 0 Å². The summed E-state index contributed by atoms with van der Waals surface area (Å²) >= 11 is 0. The number of carbonyl (C=O) groups is 1. The first kappa shape index (κ1) is 19.4. The molecule has 0 saturated carbocycles. The van der Waals surface area contributed by atoms with Gasteiger partial charge in [-0.05, 0) is 54.8 Å². The zero-order chi connectivity index (χ0) is 20.3. The highest BCUT2D eigenvalue weighted by molar-refractivity contribution is 7.89. The average Bonchev–Trinajstić information content (AvgIpc) is 3.42. The van der Waals surface area contributed by atoms with Crippen LogP contribution in [0.25, 0.3) is 5.69 Å². The van der Waals surface area contributed by atoms with E-state index in [0.717, 1.165) is 24.1 Å². The number of hydrogen-bond donors (Lipinski definition) is 1. The Morgan fingerprint density at radius 3 is 2.38 bits per heavy atom. The van der Waals surface area contributed by atoms with Crippen molar-refractivity contribution in [3.63, 3.8) is 0 Å². The van der Waals surface area contributed by atoms with Crippen LogP contribution in [-0.2, 0) is 21.2 Å². The number of nitrogens with zero attached hydrogens (tertiary/aromatic N) is 3. The molecule has 3 aromatic rings. The van der Waals surface area contributed by atoms with E-state index in [4.69, 9.17) is 0 Å². The summed E-state index contributed by atoms with van der Waals surface area (Å²) in [5.41, 5.74) is 2.28. The lowest BCUT2D eigenvalue weighted by Crippen LogP contribution is -2.27. The van der Waals surface area contributed by atoms with Gasteiger partial charge in [0.05, 0.1) is 23.2 Å². The fourth-order valence-electron chi connectivity index (χ4n) is 3.35. The van der Waals surface area contributed by atoms with Gasteiger partial charge in [0.25, 0.3) is 0 Å². The molecule has 4 rings (SSSR count). The first-order valence-corrected chi connectivity index (χ1v) is 11.0. The number of nitrogens with one attached hydrogen (secondary N) is 1. The highest BCUT2D eigenvalue weighted by Gasteiger charge is 2.26. The summed E-state index contributed by atoms with van der Waals surface area (Å²) in [7, 11) is -3.45. The molecular formula is C21H22N4O3S. The van der Waals surface area contributed by atoms with Gasteiger partial charge in [-0.1, -0.05) is 18.2 Å². The SMILES string of the molecule is O=C(Cc1cnn(-c2ccccc2)c1)Nc1ccc(S(=O)(=O)N2CCCC2)cc1. The van der Waals surface area contributed by atoms with Crippen LogP contribution in [-0.4, -0.2) is 41.5 Å². The number of sulfonamides is 1. The highest BCUT2D eigenvalue weighted by atomic mass is 32.2. The molecule has 7 nitrogen and oxygen atoms in total. The zero-order valence-electron chi connectivity index (χ0n) is 15.9. The second kappa shape index (κ2) is 8.18. The van der Waals surface area contributed by atoms with E-state index in [9.17, 15) is 13.2 Å². The number of amides is 1. The molecule has 1 saturated heterocycles. The normalized spacial score (nSPS) is 14.8. The Morgan fingerprint density at radius 1 is 1.00 bits per heavy atom. The lowest BCUT2D eigenvalue weighted by Gasteiger charge is -2.15. The van der Waals surface area contributed by atoms with Crippen molar-refractivity contribution >= 4 is 21.6 Å². The molecule has 1 aliphatic rings. The monoisotopic (exact) mass is 410 g/mol. The minimum atomic E-state index is -3.45. The molecule has 0 bridgehead atoms. The van der Waals surface area contributed by atoms with Crippen molar-refractivity contribution in [3.8, 4) is 5.69 Å². The standard InChI is InChI=1S/C21H22N4O3S/c26-21(14-17-15-22-25(16-17)19-6-2-1-3-7-19)23-18-8-10-20(11-9-18)29(27,28)24-12-4-5-13-24/h1-3,6-11,15-16H,4-5,12-14H2,(H,23,26). The molecule has 1 amide bonds. The highest BCUT2D eigenvalue weighted by Crippen LogP contribution is 2.22. The lowest BCUT2D eigenvalue weighted by atomic mass is 10.2. The van der Waals surface area contributed by atoms with Crippen LogP contribution < -0.4 is 5.32 Å². The molecule has 29 heavy (non-hydrogen) atoms. The molecule has 8 heteroatoms. The van der Waals surface area contributed by atoms with Crippen molar-refractivity contribution in [3.05, 3.63) is 72.6 Å². The predicted octanol–water partition coefficient (Wildman–Crippen LogP) is 2.84. The second-order valence-electron chi connectivity index (χ2n) is 6.99. The molecule has 1 N–H and O–H groups in total. The van der Waals surface area contributed by atoms with Crippen LogP contribution in [0.5, 0.6) is 0 Å². The maximum absolute atomic E-state index is 12.6. The molecule has 0 aliphatic carbocycles. The Labute approximate surface area is 170 Å². The third kappa shape index (κ3) is 4.38. The molecular weight excluding hydrogens is 388 g/mol. The van der Waals surface area contributed by atoms with Gasteiger partial charge in [-0.25, -0.2) is 13.1 Å². The van der Waals surface area contributed by atoms with Gasteiger partial charge >= 0.3 is 0 Å². The van der Waals surface area contributed by atoms with Gasteiger partial charge in [-0.15, -0.1) is 0 Å². The van der Waals surface area contributed by atoms with Gasteiger partial charge in [0.2, 0.25) is 15.9 Å². The Balaban J connectivity index is 1.38. The average molecular weight is 410 g/mol. The van der Waals surface area contributed by atoms with E-state index in [1.807, 2.05) is 36.5 Å². The van der Waals surface area contributed by atoms with Crippen molar-refractivity contribution in [2.75, 3.05) is 18.4 Å². The summed E-state index contributed by atoms with van der Waals surface area (Å²) in [5.74, 6) is -0.187. The predicted molar refractivity (Wildman–Crippen MR) is 110 cm³/mol. The molecule has 0 spiro atoms. The molecule has 2 heterocycles. The van der Waals surface area contributed by atoms with Crippen LogP contribution in [0.1, 0.15) is 18.4 Å². The quantitative estimate of drug-likeness (QED) is 0.677. The summed E-state index contributed by atoms with van der Waals surface area (Å²) in [6.07, 6.45) is 5.46. The summed E-state index contributed by atoms with van der Waals surface area (Å²) in [5, 5.41) is 7.09. The van der Waals surface area contributed by atoms with Gasteiger partial charge < -0.3 is 5.32 Å². The fraction of sp³-hybridized carbons (Fsp3) is 0.238. The Morgan fingerprint density at radius 2 is 1.69 bits per heavy atom. The largest absolute Gasteiger partial charge is 0.326 e. The number of rotatable bonds is 6. The number of aromatic nitrogens is 2. The fourth-order valence-corrected chi connectivity index (χ4v) is 4.87. The van der Waals surface area contributed by atoms with E-state index in [2.05, 4.69) is 10.4 Å². The van der Waals surface area contributed by atoms with E-state index in [1.165, 1.54) is 16.4 Å². The molecule has 1 fully saturated rings. The molecule has 0 radical (unpaired) electrons. The van der Waals surface area contributed by atoms with E-state index in [-0.39, 0.29) is 17.2 Å². The Kier molecular flexibility index (Phi) is 5.46. The summed E-state index contributed by atoms with van der Waals surface area (Å²) in [6.45, 7) is 1.13. The number of para-hydroxylation sites is 1. The van der Waals surface area contributed by atoms with Crippen LogP contribution in [0.3, 0.4) is 0 Å². The summed E-state index contributed by atoms with van der Waals surface area (Å²) in [4.78, 5) is 12.6. The lowest BCUT2D eigenvalue weighted by molar-refractivity contribution is -0.115. The zero-order valence-corrected chi connectivity index (χ0v) is 16.7.